The van der Waals surface area contributed by atoms with Crippen LogP contribution in [0.4, 0.5) is 0 Å². The summed E-state index contributed by atoms with van der Waals surface area (Å²) in [5.41, 5.74) is 0.0679. The molecule has 1 heteroatoms. The molecule has 0 bridgehead atoms. The molecule has 0 aliphatic rings. The summed E-state index contributed by atoms with van der Waals surface area (Å²) in [6, 6.07) is 15.1. The molecule has 0 radical (unpaired) electrons. The SMILES string of the molecule is [2H]c1c([2H])c([2H])c(-c2c([2H])c([2H])c([2H])c3c2oc2c([2H])c(-c4c5ccccc5c(-c5c([2H])c([2H])c([2H])c(-c6ccccc6)c5[2H])c5ccccc45)c([2H])c([2H])c23)c([2H])c1[2H]. The van der Waals surface area contributed by atoms with Crippen molar-refractivity contribution in [1.82, 2.24) is 0 Å². The zero-order chi connectivity index (χ0) is 42.8. The first-order chi connectivity index (χ1) is 28.6. The Morgan fingerprint density at radius 3 is 1.64 bits per heavy atom. The van der Waals surface area contributed by atoms with E-state index in [1.807, 2.05) is 0 Å². The Labute approximate surface area is 282 Å². The number of para-hydroxylation sites is 1. The second kappa shape index (κ2) is 10.4. The molecule has 1 heterocycles. The molecule has 0 atom stereocenters. The van der Waals surface area contributed by atoms with Gasteiger partial charge in [-0.1, -0.05) is 151 Å². The van der Waals surface area contributed by atoms with Gasteiger partial charge in [0, 0.05) is 16.3 Å². The largest absolute Gasteiger partial charge is 0.455 e. The molecule has 0 unspecified atom stereocenters. The van der Waals surface area contributed by atoms with Gasteiger partial charge in [-0.25, -0.2) is 0 Å². The van der Waals surface area contributed by atoms with Crippen molar-refractivity contribution in [1.29, 1.82) is 0 Å². The summed E-state index contributed by atoms with van der Waals surface area (Å²) >= 11 is 0. The molecule has 210 valence electrons. The summed E-state index contributed by atoms with van der Waals surface area (Å²) in [6.45, 7) is 0. The predicted octanol–water partition coefficient (Wildman–Crippen LogP) is 12.6. The van der Waals surface area contributed by atoms with Crippen LogP contribution in [0.2, 0.25) is 0 Å². The molecule has 0 aliphatic heterocycles. The Morgan fingerprint density at radius 2 is 0.956 bits per heavy atom. The van der Waals surface area contributed by atoms with Crippen LogP contribution in [0, 0.1) is 0 Å². The summed E-state index contributed by atoms with van der Waals surface area (Å²) in [5.74, 6) is 0. The first kappa shape index (κ1) is 14.7. The highest BCUT2D eigenvalue weighted by atomic mass is 16.3. The van der Waals surface area contributed by atoms with E-state index in [-0.39, 0.29) is 68.4 Å². The average Bonchev–Trinajstić information content (AvgIpc) is 3.66. The Kier molecular flexibility index (Phi) is 3.39. The fraction of sp³-hybridized carbons (Fsp3) is 0. The van der Waals surface area contributed by atoms with Crippen LogP contribution in [0.3, 0.4) is 0 Å². The third-order valence-electron chi connectivity index (χ3n) is 7.93. The first-order valence-corrected chi connectivity index (χ1v) is 14.2. The number of hydrogen-bond donors (Lipinski definition) is 0. The average molecular weight is 588 g/mol. The molecule has 0 fully saturated rings. The second-order valence-electron chi connectivity index (χ2n) is 10.5. The van der Waals surface area contributed by atoms with Gasteiger partial charge < -0.3 is 4.42 Å². The number of rotatable bonds is 4. The fourth-order valence-corrected chi connectivity index (χ4v) is 5.98. The summed E-state index contributed by atoms with van der Waals surface area (Å²) in [4.78, 5) is 0. The van der Waals surface area contributed by atoms with Crippen LogP contribution in [0.1, 0.15) is 20.6 Å². The molecule has 8 aromatic carbocycles. The third kappa shape index (κ3) is 4.17. The van der Waals surface area contributed by atoms with Crippen LogP contribution >= 0.6 is 0 Å². The van der Waals surface area contributed by atoms with Crippen molar-refractivity contribution in [3.63, 3.8) is 0 Å². The standard InChI is InChI=1S/C44H28O/c1-3-13-29(14-4-1)31-17-11-18-32(27-31)42-36-19-7-9-21-38(36)43(39-22-10-8-20-37(39)42)33-25-26-35-40-24-12-23-34(30-15-5-2-6-16-30)44(40)45-41(35)28-33/h1-28H/i2D,5D,6D,11D,12D,15D,16D,17D,18D,23D,24D,25D,26D,27D,28D. The van der Waals surface area contributed by atoms with E-state index in [2.05, 4.69) is 0 Å². The molecule has 0 N–H and O–H groups in total. The molecule has 0 spiro atoms. The quantitative estimate of drug-likeness (QED) is 0.187. The van der Waals surface area contributed by atoms with Crippen LogP contribution < -0.4 is 0 Å². The molecule has 0 saturated heterocycles. The lowest BCUT2D eigenvalue weighted by atomic mass is 9.85. The van der Waals surface area contributed by atoms with Gasteiger partial charge in [-0.3, -0.25) is 0 Å². The normalized spacial score (nSPS) is 16.2. The topological polar surface area (TPSA) is 13.1 Å². The minimum atomic E-state index is -0.697. The van der Waals surface area contributed by atoms with Gasteiger partial charge in [-0.2, -0.15) is 0 Å². The van der Waals surface area contributed by atoms with E-state index >= 15 is 0 Å². The Morgan fingerprint density at radius 1 is 0.378 bits per heavy atom. The number of hydrogen-bond acceptors (Lipinski definition) is 1. The first-order valence-electron chi connectivity index (χ1n) is 21.7. The summed E-state index contributed by atoms with van der Waals surface area (Å²) in [5, 5.41) is 1.51. The van der Waals surface area contributed by atoms with Crippen LogP contribution in [-0.2, 0) is 0 Å². The molecule has 9 rings (SSSR count). The Balaban J connectivity index is 1.42. The Bertz CT molecular complexity index is 3290. The van der Waals surface area contributed by atoms with Crippen LogP contribution in [0.5, 0.6) is 0 Å². The number of benzene rings is 8. The maximum Gasteiger partial charge on any atom is 0.143 e. The van der Waals surface area contributed by atoms with Crippen LogP contribution in [0.25, 0.3) is 88.0 Å². The molecule has 0 saturated carbocycles. The van der Waals surface area contributed by atoms with Crippen molar-refractivity contribution in [2.24, 2.45) is 0 Å². The fourth-order valence-electron chi connectivity index (χ4n) is 5.98. The lowest BCUT2D eigenvalue weighted by Crippen LogP contribution is -1.91. The van der Waals surface area contributed by atoms with E-state index in [9.17, 15) is 5.48 Å². The monoisotopic (exact) mass is 587 g/mol. The smallest absolute Gasteiger partial charge is 0.143 e. The van der Waals surface area contributed by atoms with Gasteiger partial charge in [0.1, 0.15) is 11.2 Å². The molecular weight excluding hydrogens is 544 g/mol. The van der Waals surface area contributed by atoms with Crippen molar-refractivity contribution < 1.29 is 25.0 Å². The summed E-state index contributed by atoms with van der Waals surface area (Å²) < 4.78 is 139. The van der Waals surface area contributed by atoms with Gasteiger partial charge in [0.15, 0.2) is 0 Å². The molecule has 9 aromatic rings. The summed E-state index contributed by atoms with van der Waals surface area (Å²) in [6.07, 6.45) is 0. The van der Waals surface area contributed by atoms with E-state index in [0.29, 0.717) is 38.2 Å². The predicted molar refractivity (Wildman–Crippen MR) is 190 cm³/mol. The second-order valence-corrected chi connectivity index (χ2v) is 10.5. The van der Waals surface area contributed by atoms with Gasteiger partial charge in [-0.05, 0) is 78.6 Å². The zero-order valence-electron chi connectivity index (χ0n) is 38.4. The molecule has 45 heavy (non-hydrogen) atoms. The minimum absolute atomic E-state index is 0.0524. The van der Waals surface area contributed by atoms with Crippen molar-refractivity contribution in [3.05, 3.63) is 169 Å². The lowest BCUT2D eigenvalue weighted by Gasteiger charge is -2.18. The number of furan rings is 1. The lowest BCUT2D eigenvalue weighted by molar-refractivity contribution is 0.670. The van der Waals surface area contributed by atoms with Crippen molar-refractivity contribution in [3.8, 4) is 44.5 Å². The van der Waals surface area contributed by atoms with Gasteiger partial charge in [0.2, 0.25) is 0 Å². The highest BCUT2D eigenvalue weighted by molar-refractivity contribution is 6.22. The van der Waals surface area contributed by atoms with Crippen molar-refractivity contribution in [2.75, 3.05) is 0 Å². The molecule has 1 aromatic heterocycles. The van der Waals surface area contributed by atoms with Crippen molar-refractivity contribution in [2.45, 2.75) is 0 Å². The van der Waals surface area contributed by atoms with Crippen LogP contribution in [0.15, 0.2) is 174 Å². The molecular formula is C44H28O. The number of fused-ring (bicyclic) bond motifs is 5. The van der Waals surface area contributed by atoms with Crippen molar-refractivity contribution >= 4 is 43.5 Å². The summed E-state index contributed by atoms with van der Waals surface area (Å²) in [7, 11) is 0. The van der Waals surface area contributed by atoms with Crippen LogP contribution in [-0.4, -0.2) is 0 Å². The maximum atomic E-state index is 9.68. The van der Waals surface area contributed by atoms with Gasteiger partial charge in [-0.15, -0.1) is 0 Å². The van der Waals surface area contributed by atoms with Gasteiger partial charge in [0.25, 0.3) is 0 Å². The highest BCUT2D eigenvalue weighted by Gasteiger charge is 2.19. The van der Waals surface area contributed by atoms with E-state index in [1.165, 1.54) is 0 Å². The molecule has 1 nitrogen and oxygen atoms in total. The van der Waals surface area contributed by atoms with Gasteiger partial charge >= 0.3 is 0 Å². The minimum Gasteiger partial charge on any atom is -0.455 e. The maximum absolute atomic E-state index is 9.68. The highest BCUT2D eigenvalue weighted by Crippen LogP contribution is 2.45. The third-order valence-corrected chi connectivity index (χ3v) is 7.93. The van der Waals surface area contributed by atoms with E-state index in [0.717, 1.165) is 0 Å². The van der Waals surface area contributed by atoms with E-state index in [1.54, 1.807) is 78.9 Å². The zero-order valence-corrected chi connectivity index (χ0v) is 23.4. The molecule has 0 amide bonds. The molecule has 0 aliphatic carbocycles. The van der Waals surface area contributed by atoms with E-state index < -0.39 is 72.0 Å². The van der Waals surface area contributed by atoms with E-state index in [4.69, 9.17) is 19.5 Å². The Hall–Kier alpha value is -5.92. The van der Waals surface area contributed by atoms with Gasteiger partial charge in [0.05, 0.1) is 20.6 Å².